The van der Waals surface area contributed by atoms with Crippen LogP contribution in [0.1, 0.15) is 23.0 Å². The Balaban J connectivity index is 1.96. The maximum absolute atomic E-state index is 12.5. The van der Waals surface area contributed by atoms with Crippen molar-refractivity contribution in [2.75, 3.05) is 67.2 Å². The van der Waals surface area contributed by atoms with Gasteiger partial charge in [-0.05, 0) is 13.8 Å². The Hall–Kier alpha value is -1.58. The third kappa shape index (κ3) is 4.16. The molecule has 9 heteroatoms. The summed E-state index contributed by atoms with van der Waals surface area (Å²) in [4.78, 5) is 25.9. The van der Waals surface area contributed by atoms with Gasteiger partial charge in [0.1, 0.15) is 22.9 Å². The number of piperazine rings is 1. The van der Waals surface area contributed by atoms with E-state index < -0.39 is 11.2 Å². The SMILES string of the molecule is CCOC(=O)c1c(C)nc(N2CC[S+]([O-])CC2)nc1N1CCNCC1. The number of carbonyl (C=O) groups excluding carboxylic acids is 1. The molecule has 138 valence electrons. The van der Waals surface area contributed by atoms with Crippen LogP contribution in [0, 0.1) is 6.92 Å². The molecule has 8 nitrogen and oxygen atoms in total. The predicted molar refractivity (Wildman–Crippen MR) is 97.9 cm³/mol. The molecule has 1 aromatic heterocycles. The third-order valence-corrected chi connectivity index (χ3v) is 5.69. The normalized spacial score (nSPS) is 19.2. The van der Waals surface area contributed by atoms with E-state index >= 15 is 0 Å². The molecule has 3 heterocycles. The summed E-state index contributed by atoms with van der Waals surface area (Å²) in [5, 5.41) is 3.31. The van der Waals surface area contributed by atoms with Gasteiger partial charge in [0.2, 0.25) is 5.95 Å². The van der Waals surface area contributed by atoms with E-state index in [0.717, 1.165) is 26.2 Å². The van der Waals surface area contributed by atoms with Crippen LogP contribution in [0.3, 0.4) is 0 Å². The minimum atomic E-state index is -0.754. The quantitative estimate of drug-likeness (QED) is 0.584. The maximum atomic E-state index is 12.5. The molecule has 2 aliphatic heterocycles. The third-order valence-electron chi connectivity index (χ3n) is 4.42. The highest BCUT2D eigenvalue weighted by molar-refractivity contribution is 7.91. The molecule has 0 aliphatic carbocycles. The summed E-state index contributed by atoms with van der Waals surface area (Å²) in [6, 6.07) is 0. The molecule has 0 aromatic carbocycles. The lowest BCUT2D eigenvalue weighted by Gasteiger charge is -2.32. The van der Waals surface area contributed by atoms with Crippen LogP contribution >= 0.6 is 0 Å². The molecule has 0 atom stereocenters. The zero-order valence-corrected chi connectivity index (χ0v) is 15.6. The van der Waals surface area contributed by atoms with Gasteiger partial charge in [0.05, 0.1) is 25.4 Å². The first kappa shape index (κ1) is 18.2. The van der Waals surface area contributed by atoms with E-state index in [9.17, 15) is 9.35 Å². The molecule has 0 spiro atoms. The summed E-state index contributed by atoms with van der Waals surface area (Å²) in [5.41, 5.74) is 1.08. The number of hydrogen-bond donors (Lipinski definition) is 1. The van der Waals surface area contributed by atoms with E-state index in [0.29, 0.717) is 54.2 Å². The molecule has 0 unspecified atom stereocenters. The summed E-state index contributed by atoms with van der Waals surface area (Å²) in [7, 11) is 0. The Morgan fingerprint density at radius 3 is 2.52 bits per heavy atom. The highest BCUT2D eigenvalue weighted by Gasteiger charge is 2.28. The van der Waals surface area contributed by atoms with Crippen molar-refractivity contribution >= 4 is 28.9 Å². The number of anilines is 2. The van der Waals surface area contributed by atoms with Crippen molar-refractivity contribution in [1.29, 1.82) is 0 Å². The Morgan fingerprint density at radius 1 is 1.20 bits per heavy atom. The summed E-state index contributed by atoms with van der Waals surface area (Å²) >= 11 is -0.754. The lowest BCUT2D eigenvalue weighted by molar-refractivity contribution is 0.0525. The summed E-state index contributed by atoms with van der Waals surface area (Å²) < 4.78 is 16.8. The predicted octanol–water partition coefficient (Wildman–Crippen LogP) is -0.0600. The van der Waals surface area contributed by atoms with Crippen molar-refractivity contribution in [3.05, 3.63) is 11.3 Å². The molecule has 2 saturated heterocycles. The average Bonchev–Trinajstić information content (AvgIpc) is 2.62. The van der Waals surface area contributed by atoms with Crippen LogP contribution < -0.4 is 15.1 Å². The number of rotatable bonds is 4. The van der Waals surface area contributed by atoms with Crippen molar-refractivity contribution in [3.8, 4) is 0 Å². The monoisotopic (exact) mass is 367 g/mol. The Kier molecular flexibility index (Phi) is 5.98. The van der Waals surface area contributed by atoms with Crippen molar-refractivity contribution in [2.45, 2.75) is 13.8 Å². The van der Waals surface area contributed by atoms with E-state index in [2.05, 4.69) is 20.1 Å². The number of nitrogens with one attached hydrogen (secondary N) is 1. The van der Waals surface area contributed by atoms with E-state index in [-0.39, 0.29) is 5.97 Å². The van der Waals surface area contributed by atoms with Crippen LogP contribution in [-0.2, 0) is 15.9 Å². The average molecular weight is 367 g/mol. The van der Waals surface area contributed by atoms with Crippen molar-refractivity contribution in [1.82, 2.24) is 15.3 Å². The minimum absolute atomic E-state index is 0.318. The standard InChI is InChI=1S/C16H25N5O3S/c1-3-24-15(22)13-12(2)18-16(21-8-10-25(23)11-9-21)19-14(13)20-6-4-17-5-7-20/h17H,3-11H2,1-2H3. The second-order valence-corrected chi connectivity index (χ2v) is 7.80. The second-order valence-electron chi connectivity index (χ2n) is 6.10. The van der Waals surface area contributed by atoms with Crippen LogP contribution in [0.2, 0.25) is 0 Å². The number of nitrogens with zero attached hydrogens (tertiary/aromatic N) is 4. The lowest BCUT2D eigenvalue weighted by atomic mass is 10.2. The summed E-state index contributed by atoms with van der Waals surface area (Å²) in [6.45, 7) is 8.55. The summed E-state index contributed by atoms with van der Waals surface area (Å²) in [6.07, 6.45) is 0. The Bertz CT molecular complexity index is 616. The molecule has 0 amide bonds. The van der Waals surface area contributed by atoms with Crippen LogP contribution in [-0.4, -0.2) is 77.9 Å². The summed E-state index contributed by atoms with van der Waals surface area (Å²) in [5.74, 6) is 2.14. The molecule has 0 bridgehead atoms. The lowest BCUT2D eigenvalue weighted by Crippen LogP contribution is -2.45. The van der Waals surface area contributed by atoms with Crippen LogP contribution in [0.4, 0.5) is 11.8 Å². The van der Waals surface area contributed by atoms with Crippen molar-refractivity contribution < 1.29 is 14.1 Å². The largest absolute Gasteiger partial charge is 0.616 e. The molecule has 1 aromatic rings. The van der Waals surface area contributed by atoms with Gasteiger partial charge in [0.15, 0.2) is 0 Å². The smallest absolute Gasteiger partial charge is 0.343 e. The van der Waals surface area contributed by atoms with Gasteiger partial charge < -0.3 is 24.4 Å². The van der Waals surface area contributed by atoms with Crippen molar-refractivity contribution in [2.24, 2.45) is 0 Å². The van der Waals surface area contributed by atoms with E-state index in [1.807, 2.05) is 6.92 Å². The fraction of sp³-hybridized carbons (Fsp3) is 0.688. The molecule has 3 rings (SSSR count). The van der Waals surface area contributed by atoms with E-state index in [1.165, 1.54) is 0 Å². The molecule has 2 aliphatic rings. The zero-order chi connectivity index (χ0) is 17.8. The van der Waals surface area contributed by atoms with Crippen molar-refractivity contribution in [3.63, 3.8) is 0 Å². The minimum Gasteiger partial charge on any atom is -0.616 e. The zero-order valence-electron chi connectivity index (χ0n) is 14.8. The van der Waals surface area contributed by atoms with Gasteiger partial charge in [-0.15, -0.1) is 0 Å². The molecule has 0 radical (unpaired) electrons. The van der Waals surface area contributed by atoms with Gasteiger partial charge in [-0.25, -0.2) is 9.78 Å². The van der Waals surface area contributed by atoms with Gasteiger partial charge in [0.25, 0.3) is 0 Å². The second kappa shape index (κ2) is 8.20. The van der Waals surface area contributed by atoms with E-state index in [4.69, 9.17) is 9.72 Å². The van der Waals surface area contributed by atoms with Gasteiger partial charge in [-0.3, -0.25) is 0 Å². The maximum Gasteiger partial charge on any atom is 0.343 e. The Morgan fingerprint density at radius 2 is 1.88 bits per heavy atom. The van der Waals surface area contributed by atoms with Gasteiger partial charge in [-0.1, -0.05) is 11.2 Å². The number of esters is 1. The molecule has 0 saturated carbocycles. The highest BCUT2D eigenvalue weighted by atomic mass is 32.2. The van der Waals surface area contributed by atoms with Crippen LogP contribution in [0.15, 0.2) is 0 Å². The van der Waals surface area contributed by atoms with Gasteiger partial charge in [0, 0.05) is 26.2 Å². The highest BCUT2D eigenvalue weighted by Crippen LogP contribution is 2.26. The number of aryl methyl sites for hydroxylation is 1. The molecule has 1 N–H and O–H groups in total. The van der Waals surface area contributed by atoms with E-state index in [1.54, 1.807) is 6.92 Å². The first-order valence-electron chi connectivity index (χ1n) is 8.71. The molecule has 25 heavy (non-hydrogen) atoms. The number of aromatic nitrogens is 2. The number of carbonyl (C=O) groups is 1. The molecular formula is C16H25N5O3S. The van der Waals surface area contributed by atoms with Gasteiger partial charge in [-0.2, -0.15) is 4.98 Å². The first-order valence-corrected chi connectivity index (χ1v) is 10.2. The number of hydrogen-bond acceptors (Lipinski definition) is 8. The molecular weight excluding hydrogens is 342 g/mol. The Labute approximate surface area is 151 Å². The van der Waals surface area contributed by atoms with Gasteiger partial charge >= 0.3 is 5.97 Å². The number of ether oxygens (including phenoxy) is 1. The molecule has 2 fully saturated rings. The topological polar surface area (TPSA) is 93.6 Å². The fourth-order valence-electron chi connectivity index (χ4n) is 3.07. The van der Waals surface area contributed by atoms with Crippen LogP contribution in [0.25, 0.3) is 0 Å². The van der Waals surface area contributed by atoms with Crippen LogP contribution in [0.5, 0.6) is 0 Å². The first-order chi connectivity index (χ1) is 12.1. The fourth-order valence-corrected chi connectivity index (χ4v) is 4.12.